The van der Waals surface area contributed by atoms with Gasteiger partial charge in [-0.15, -0.1) is 0 Å². The van der Waals surface area contributed by atoms with E-state index in [4.69, 9.17) is 0 Å². The lowest BCUT2D eigenvalue weighted by Crippen LogP contribution is -2.55. The van der Waals surface area contributed by atoms with Crippen molar-refractivity contribution >= 4 is 17.7 Å². The van der Waals surface area contributed by atoms with Gasteiger partial charge in [0.05, 0.1) is 11.1 Å². The van der Waals surface area contributed by atoms with Gasteiger partial charge >= 0.3 is 0 Å². The van der Waals surface area contributed by atoms with Crippen molar-refractivity contribution in [2.45, 2.75) is 44.7 Å². The highest BCUT2D eigenvalue weighted by Crippen LogP contribution is 2.28. The normalized spacial score (nSPS) is 20.2. The molecular formula is C23H24N2O3. The molecule has 1 fully saturated rings. The quantitative estimate of drug-likeness (QED) is 0.770. The van der Waals surface area contributed by atoms with Crippen molar-refractivity contribution in [3.8, 4) is 0 Å². The van der Waals surface area contributed by atoms with Crippen LogP contribution in [0.25, 0.3) is 0 Å². The first-order valence-corrected chi connectivity index (χ1v) is 9.89. The Balaban J connectivity index is 1.70. The SMILES string of the molecule is C[C@H]1CCCCN1C(=O)[C@@H](Cc1ccccc1)N1C(=O)c2ccccc2C1=O. The fourth-order valence-electron chi connectivity index (χ4n) is 4.23. The van der Waals surface area contributed by atoms with Gasteiger partial charge in [-0.3, -0.25) is 19.3 Å². The first kappa shape index (κ1) is 18.4. The number of imide groups is 1. The number of nitrogens with zero attached hydrogens (tertiary/aromatic N) is 2. The third kappa shape index (κ3) is 3.21. The summed E-state index contributed by atoms with van der Waals surface area (Å²) in [7, 11) is 0. The molecule has 3 amide bonds. The van der Waals surface area contributed by atoms with Gasteiger partial charge in [-0.2, -0.15) is 0 Å². The molecule has 0 radical (unpaired) electrons. The summed E-state index contributed by atoms with van der Waals surface area (Å²) in [6.45, 7) is 2.72. The number of hydrogen-bond donors (Lipinski definition) is 0. The van der Waals surface area contributed by atoms with Crippen molar-refractivity contribution in [2.24, 2.45) is 0 Å². The van der Waals surface area contributed by atoms with Crippen LogP contribution in [0.2, 0.25) is 0 Å². The number of amides is 3. The van der Waals surface area contributed by atoms with E-state index < -0.39 is 6.04 Å². The lowest BCUT2D eigenvalue weighted by Gasteiger charge is -2.38. The minimum atomic E-state index is -0.824. The number of likely N-dealkylation sites (tertiary alicyclic amines) is 1. The fourth-order valence-corrected chi connectivity index (χ4v) is 4.23. The average Bonchev–Trinajstić information content (AvgIpc) is 2.98. The molecule has 0 unspecified atom stereocenters. The van der Waals surface area contributed by atoms with E-state index in [1.165, 1.54) is 4.90 Å². The van der Waals surface area contributed by atoms with Gasteiger partial charge in [0.2, 0.25) is 5.91 Å². The number of hydrogen-bond acceptors (Lipinski definition) is 3. The number of piperidine rings is 1. The Bertz CT molecular complexity index is 874. The molecule has 144 valence electrons. The molecule has 2 aliphatic heterocycles. The highest BCUT2D eigenvalue weighted by atomic mass is 16.2. The van der Waals surface area contributed by atoms with Crippen molar-refractivity contribution in [2.75, 3.05) is 6.54 Å². The number of carbonyl (C=O) groups is 3. The molecule has 1 saturated heterocycles. The van der Waals surface area contributed by atoms with Gasteiger partial charge in [-0.25, -0.2) is 0 Å². The first-order valence-electron chi connectivity index (χ1n) is 9.89. The summed E-state index contributed by atoms with van der Waals surface area (Å²) in [6, 6.07) is 15.7. The maximum atomic E-state index is 13.5. The molecule has 2 heterocycles. The van der Waals surface area contributed by atoms with Crippen LogP contribution in [0.1, 0.15) is 52.5 Å². The molecule has 2 aromatic carbocycles. The Kier molecular flexibility index (Phi) is 4.99. The van der Waals surface area contributed by atoms with Crippen LogP contribution in [0.5, 0.6) is 0 Å². The molecule has 4 rings (SSSR count). The second kappa shape index (κ2) is 7.58. The molecule has 0 N–H and O–H groups in total. The summed E-state index contributed by atoms with van der Waals surface area (Å²) < 4.78 is 0. The number of benzene rings is 2. The Labute approximate surface area is 164 Å². The van der Waals surface area contributed by atoms with Crippen LogP contribution < -0.4 is 0 Å². The first-order chi connectivity index (χ1) is 13.6. The summed E-state index contributed by atoms with van der Waals surface area (Å²) in [6.07, 6.45) is 3.33. The molecule has 0 aromatic heterocycles. The zero-order valence-corrected chi connectivity index (χ0v) is 16.0. The fraction of sp³-hybridized carbons (Fsp3) is 0.348. The molecule has 2 atom stereocenters. The van der Waals surface area contributed by atoms with E-state index in [9.17, 15) is 14.4 Å². The third-order valence-electron chi connectivity index (χ3n) is 5.78. The maximum absolute atomic E-state index is 13.5. The Morgan fingerprint density at radius 2 is 1.57 bits per heavy atom. The van der Waals surface area contributed by atoms with Gasteiger partial charge in [0.1, 0.15) is 6.04 Å². The molecule has 5 nitrogen and oxygen atoms in total. The van der Waals surface area contributed by atoms with E-state index in [0.29, 0.717) is 24.1 Å². The summed E-state index contributed by atoms with van der Waals surface area (Å²) in [5.74, 6) is -0.885. The molecule has 0 saturated carbocycles. The lowest BCUT2D eigenvalue weighted by atomic mass is 9.99. The van der Waals surface area contributed by atoms with Crippen LogP contribution in [0, 0.1) is 0 Å². The van der Waals surface area contributed by atoms with Crippen LogP contribution in [0.4, 0.5) is 0 Å². The topological polar surface area (TPSA) is 57.7 Å². The Morgan fingerprint density at radius 1 is 0.964 bits per heavy atom. The van der Waals surface area contributed by atoms with Gasteiger partial charge in [-0.1, -0.05) is 42.5 Å². The van der Waals surface area contributed by atoms with Crippen LogP contribution in [0.3, 0.4) is 0 Å². The highest BCUT2D eigenvalue weighted by molar-refractivity contribution is 6.22. The van der Waals surface area contributed by atoms with E-state index in [2.05, 4.69) is 0 Å². The van der Waals surface area contributed by atoms with Gasteiger partial charge in [0.15, 0.2) is 0 Å². The monoisotopic (exact) mass is 376 g/mol. The van der Waals surface area contributed by atoms with E-state index >= 15 is 0 Å². The number of carbonyl (C=O) groups excluding carboxylic acids is 3. The van der Waals surface area contributed by atoms with Crippen molar-refractivity contribution < 1.29 is 14.4 Å². The van der Waals surface area contributed by atoms with E-state index in [1.807, 2.05) is 42.2 Å². The van der Waals surface area contributed by atoms with Crippen LogP contribution in [-0.2, 0) is 11.2 Å². The van der Waals surface area contributed by atoms with Crippen LogP contribution in [-0.4, -0.2) is 46.1 Å². The highest BCUT2D eigenvalue weighted by Gasteiger charge is 2.44. The van der Waals surface area contributed by atoms with Crippen molar-refractivity contribution in [1.82, 2.24) is 9.80 Å². The summed E-state index contributed by atoms with van der Waals surface area (Å²) >= 11 is 0. The van der Waals surface area contributed by atoms with Crippen molar-refractivity contribution in [3.05, 3.63) is 71.3 Å². The van der Waals surface area contributed by atoms with Gasteiger partial charge in [0.25, 0.3) is 11.8 Å². The molecule has 0 spiro atoms. The third-order valence-corrected chi connectivity index (χ3v) is 5.78. The molecule has 2 aromatic rings. The molecule has 28 heavy (non-hydrogen) atoms. The largest absolute Gasteiger partial charge is 0.338 e. The number of rotatable bonds is 4. The summed E-state index contributed by atoms with van der Waals surface area (Å²) in [5, 5.41) is 0. The standard InChI is InChI=1S/C23H24N2O3/c1-16-9-7-8-14-24(16)23(28)20(15-17-10-3-2-4-11-17)25-21(26)18-12-5-6-13-19(18)22(25)27/h2-6,10-13,16,20H,7-9,14-15H2,1H3/t16-,20+/m0/s1. The molecular weight excluding hydrogens is 352 g/mol. The smallest absolute Gasteiger partial charge is 0.262 e. The Morgan fingerprint density at radius 3 is 2.18 bits per heavy atom. The van der Waals surface area contributed by atoms with E-state index in [1.54, 1.807) is 24.3 Å². The second-order valence-electron chi connectivity index (χ2n) is 7.61. The zero-order chi connectivity index (χ0) is 19.7. The van der Waals surface area contributed by atoms with Gasteiger partial charge < -0.3 is 4.90 Å². The second-order valence-corrected chi connectivity index (χ2v) is 7.61. The maximum Gasteiger partial charge on any atom is 0.262 e. The molecule has 0 bridgehead atoms. The van der Waals surface area contributed by atoms with E-state index in [-0.39, 0.29) is 23.8 Å². The lowest BCUT2D eigenvalue weighted by molar-refractivity contribution is -0.138. The molecule has 2 aliphatic rings. The van der Waals surface area contributed by atoms with Crippen molar-refractivity contribution in [3.63, 3.8) is 0 Å². The summed E-state index contributed by atoms with van der Waals surface area (Å²) in [5.41, 5.74) is 1.69. The molecule has 5 heteroatoms. The average molecular weight is 376 g/mol. The van der Waals surface area contributed by atoms with Crippen LogP contribution >= 0.6 is 0 Å². The van der Waals surface area contributed by atoms with Crippen LogP contribution in [0.15, 0.2) is 54.6 Å². The predicted molar refractivity (Wildman–Crippen MR) is 106 cm³/mol. The summed E-state index contributed by atoms with van der Waals surface area (Å²) in [4.78, 5) is 42.6. The minimum absolute atomic E-state index is 0.120. The van der Waals surface area contributed by atoms with Crippen molar-refractivity contribution in [1.29, 1.82) is 0 Å². The minimum Gasteiger partial charge on any atom is -0.338 e. The predicted octanol–water partition coefficient (Wildman–Crippen LogP) is 3.29. The van der Waals surface area contributed by atoms with Gasteiger partial charge in [0, 0.05) is 19.0 Å². The molecule has 0 aliphatic carbocycles. The van der Waals surface area contributed by atoms with Gasteiger partial charge in [-0.05, 0) is 43.9 Å². The zero-order valence-electron chi connectivity index (χ0n) is 16.0. The van der Waals surface area contributed by atoms with E-state index in [0.717, 1.165) is 24.8 Å². The Hall–Kier alpha value is -2.95. The number of fused-ring (bicyclic) bond motifs is 1.